The zero-order chi connectivity index (χ0) is 11.4. The van der Waals surface area contributed by atoms with Crippen molar-refractivity contribution >= 4 is 10.8 Å². The smallest absolute Gasteiger partial charge is 0.161 e. The van der Waals surface area contributed by atoms with Gasteiger partial charge in [0.2, 0.25) is 0 Å². The number of rotatable bonds is 3. The molecule has 0 amide bonds. The van der Waals surface area contributed by atoms with Crippen molar-refractivity contribution in [2.45, 2.75) is 17.6 Å². The van der Waals surface area contributed by atoms with E-state index in [1.54, 1.807) is 7.11 Å². The van der Waals surface area contributed by atoms with E-state index < -0.39 is 10.8 Å². The molecule has 0 N–H and O–H groups in total. The Bertz CT molecular complexity index is 400. The normalized spacial score (nSPS) is 22.6. The molecule has 0 saturated heterocycles. The van der Waals surface area contributed by atoms with Gasteiger partial charge < -0.3 is 9.47 Å². The van der Waals surface area contributed by atoms with Crippen molar-refractivity contribution in [1.29, 1.82) is 0 Å². The van der Waals surface area contributed by atoms with Crippen molar-refractivity contribution < 1.29 is 13.7 Å². The lowest BCUT2D eigenvalue weighted by Gasteiger charge is -2.20. The molecule has 16 heavy (non-hydrogen) atoms. The summed E-state index contributed by atoms with van der Waals surface area (Å²) in [6.45, 7) is 0.375. The topological polar surface area (TPSA) is 35.5 Å². The number of methoxy groups -OCH3 is 1. The first-order chi connectivity index (χ1) is 7.81. The van der Waals surface area contributed by atoms with Crippen LogP contribution in [0, 0.1) is 0 Å². The highest BCUT2D eigenvalue weighted by atomic mass is 32.2. The number of ether oxygens (including phenoxy) is 2. The van der Waals surface area contributed by atoms with Crippen LogP contribution >= 0.6 is 0 Å². The first-order valence-electron chi connectivity index (χ1n) is 5.11. The average molecular weight is 238 g/mol. The maximum Gasteiger partial charge on any atom is 0.161 e. The van der Waals surface area contributed by atoms with Crippen LogP contribution in [0.1, 0.15) is 6.42 Å². The maximum atomic E-state index is 12.1. The van der Waals surface area contributed by atoms with Gasteiger partial charge in [0.1, 0.15) is 0 Å². The molecule has 0 saturated carbocycles. The zero-order valence-corrected chi connectivity index (χ0v) is 9.91. The third-order valence-corrected chi connectivity index (χ3v) is 3.87. The van der Waals surface area contributed by atoms with E-state index in [0.717, 1.165) is 9.80 Å². The first kappa shape index (κ1) is 11.5. The van der Waals surface area contributed by atoms with Crippen molar-refractivity contribution in [2.24, 2.45) is 0 Å². The van der Waals surface area contributed by atoms with Crippen LogP contribution in [0.5, 0.6) is 0 Å². The van der Waals surface area contributed by atoms with Gasteiger partial charge in [-0.15, -0.1) is 0 Å². The second kappa shape index (κ2) is 5.39. The molecule has 4 heteroatoms. The van der Waals surface area contributed by atoms with Gasteiger partial charge in [-0.25, -0.2) is 4.21 Å². The van der Waals surface area contributed by atoms with Crippen LogP contribution in [-0.2, 0) is 20.3 Å². The molecule has 1 heterocycles. The molecule has 0 radical (unpaired) electrons. The van der Waals surface area contributed by atoms with Gasteiger partial charge in [-0.2, -0.15) is 0 Å². The molecule has 86 valence electrons. The number of hydrogen-bond acceptors (Lipinski definition) is 3. The Morgan fingerprint density at radius 3 is 2.69 bits per heavy atom. The molecule has 2 rings (SSSR count). The largest absolute Gasteiger partial charge is 0.356 e. The van der Waals surface area contributed by atoms with E-state index in [4.69, 9.17) is 9.47 Å². The summed E-state index contributed by atoms with van der Waals surface area (Å²) in [5.41, 5.74) is 0. The van der Waals surface area contributed by atoms with Crippen LogP contribution < -0.4 is 0 Å². The summed E-state index contributed by atoms with van der Waals surface area (Å²) in [7, 11) is 0.503. The van der Waals surface area contributed by atoms with E-state index in [0.29, 0.717) is 13.0 Å². The van der Waals surface area contributed by atoms with Crippen molar-refractivity contribution in [3.05, 3.63) is 41.3 Å². The first-order valence-corrected chi connectivity index (χ1v) is 6.26. The van der Waals surface area contributed by atoms with Gasteiger partial charge in [0.15, 0.2) is 6.29 Å². The van der Waals surface area contributed by atoms with Crippen LogP contribution in [0.25, 0.3) is 0 Å². The average Bonchev–Trinajstić information content (AvgIpc) is 2.39. The molecule has 0 spiro atoms. The van der Waals surface area contributed by atoms with Crippen LogP contribution in [0.2, 0.25) is 0 Å². The SMILES string of the molecule is CO[C@@H]1CC=C(S(=O)c2ccccc2)CO1. The molecule has 1 unspecified atom stereocenters. The third kappa shape index (κ3) is 2.58. The van der Waals surface area contributed by atoms with E-state index in [9.17, 15) is 4.21 Å². The molecule has 0 fully saturated rings. The lowest BCUT2D eigenvalue weighted by Crippen LogP contribution is -2.21. The Morgan fingerprint density at radius 1 is 1.38 bits per heavy atom. The summed E-state index contributed by atoms with van der Waals surface area (Å²) in [4.78, 5) is 1.63. The highest BCUT2D eigenvalue weighted by Crippen LogP contribution is 2.20. The van der Waals surface area contributed by atoms with Gasteiger partial charge in [-0.05, 0) is 12.1 Å². The Labute approximate surface area is 97.5 Å². The number of hydrogen-bond donors (Lipinski definition) is 0. The highest BCUT2D eigenvalue weighted by Gasteiger charge is 2.18. The van der Waals surface area contributed by atoms with E-state index in [2.05, 4.69) is 0 Å². The van der Waals surface area contributed by atoms with Gasteiger partial charge >= 0.3 is 0 Å². The Balaban J connectivity index is 2.10. The van der Waals surface area contributed by atoms with Crippen molar-refractivity contribution in [3.8, 4) is 0 Å². The van der Waals surface area contributed by atoms with E-state index in [-0.39, 0.29) is 6.29 Å². The standard InChI is InChI=1S/C12H14O3S/c1-14-12-8-7-11(9-15-12)16(13)10-5-3-2-4-6-10/h2-7,12H,8-9H2,1H3/t12-,16?/m0/s1. The van der Waals surface area contributed by atoms with E-state index in [1.165, 1.54) is 0 Å². The predicted molar refractivity (Wildman–Crippen MR) is 62.3 cm³/mol. The van der Waals surface area contributed by atoms with Gasteiger partial charge in [-0.1, -0.05) is 24.3 Å². The Hall–Kier alpha value is -0.970. The van der Waals surface area contributed by atoms with Crippen molar-refractivity contribution in [3.63, 3.8) is 0 Å². The second-order valence-corrected chi connectivity index (χ2v) is 5.00. The number of benzene rings is 1. The highest BCUT2D eigenvalue weighted by molar-refractivity contribution is 7.89. The molecule has 0 aliphatic carbocycles. The van der Waals surface area contributed by atoms with E-state index >= 15 is 0 Å². The molecule has 1 aliphatic rings. The fraction of sp³-hybridized carbons (Fsp3) is 0.333. The lowest BCUT2D eigenvalue weighted by molar-refractivity contribution is -0.117. The third-order valence-electron chi connectivity index (χ3n) is 2.41. The molecule has 2 atom stereocenters. The van der Waals surface area contributed by atoms with Crippen LogP contribution in [-0.4, -0.2) is 24.2 Å². The summed E-state index contributed by atoms with van der Waals surface area (Å²) in [5, 5.41) is 0. The Morgan fingerprint density at radius 2 is 2.12 bits per heavy atom. The Kier molecular flexibility index (Phi) is 3.88. The van der Waals surface area contributed by atoms with Crippen LogP contribution in [0.4, 0.5) is 0 Å². The summed E-state index contributed by atoms with van der Waals surface area (Å²) < 4.78 is 22.6. The molecule has 3 nitrogen and oxygen atoms in total. The van der Waals surface area contributed by atoms with Gasteiger partial charge in [0.25, 0.3) is 0 Å². The van der Waals surface area contributed by atoms with Crippen molar-refractivity contribution in [1.82, 2.24) is 0 Å². The summed E-state index contributed by atoms with van der Waals surface area (Å²) in [6, 6.07) is 9.40. The molecule has 0 aromatic heterocycles. The fourth-order valence-electron chi connectivity index (χ4n) is 1.52. The lowest BCUT2D eigenvalue weighted by atomic mass is 10.3. The molecule has 1 aromatic carbocycles. The van der Waals surface area contributed by atoms with Crippen molar-refractivity contribution in [2.75, 3.05) is 13.7 Å². The monoisotopic (exact) mass is 238 g/mol. The summed E-state index contributed by atoms with van der Waals surface area (Å²) >= 11 is 0. The van der Waals surface area contributed by atoms with Crippen LogP contribution in [0.3, 0.4) is 0 Å². The van der Waals surface area contributed by atoms with E-state index in [1.807, 2.05) is 36.4 Å². The fourth-order valence-corrected chi connectivity index (χ4v) is 2.65. The second-order valence-electron chi connectivity index (χ2n) is 3.46. The predicted octanol–water partition coefficient (Wildman–Crippen LogP) is 2.07. The van der Waals surface area contributed by atoms with Gasteiger partial charge in [0, 0.05) is 23.3 Å². The van der Waals surface area contributed by atoms with Gasteiger partial charge in [0.05, 0.1) is 17.4 Å². The van der Waals surface area contributed by atoms with Crippen LogP contribution in [0.15, 0.2) is 46.2 Å². The minimum Gasteiger partial charge on any atom is -0.356 e. The minimum absolute atomic E-state index is 0.198. The minimum atomic E-state index is -1.11. The quantitative estimate of drug-likeness (QED) is 0.808. The zero-order valence-electron chi connectivity index (χ0n) is 9.09. The molecular weight excluding hydrogens is 224 g/mol. The molecule has 0 bridgehead atoms. The maximum absolute atomic E-state index is 12.1. The van der Waals surface area contributed by atoms with Gasteiger partial charge in [-0.3, -0.25) is 0 Å². The summed E-state index contributed by atoms with van der Waals surface area (Å²) in [6.07, 6.45) is 2.40. The molecular formula is C12H14O3S. The molecule has 1 aliphatic heterocycles. The summed E-state index contributed by atoms with van der Waals surface area (Å²) in [5.74, 6) is 0. The molecule has 1 aromatic rings.